The van der Waals surface area contributed by atoms with Crippen molar-refractivity contribution in [1.82, 2.24) is 0 Å². The Hall–Kier alpha value is -2.43. The van der Waals surface area contributed by atoms with Crippen molar-refractivity contribution in [3.63, 3.8) is 0 Å². The van der Waals surface area contributed by atoms with Crippen LogP contribution in [0.15, 0.2) is 30.4 Å². The second kappa shape index (κ2) is 7.19. The molecule has 0 saturated heterocycles. The molecule has 5 heteroatoms. The van der Waals surface area contributed by atoms with Gasteiger partial charge >= 0.3 is 11.9 Å². The van der Waals surface area contributed by atoms with E-state index in [4.69, 9.17) is 9.84 Å². The number of aliphatic carboxylic acids is 1. The van der Waals surface area contributed by atoms with Crippen LogP contribution in [0.25, 0.3) is 0 Å². The Balaban J connectivity index is 1.48. The molecule has 3 unspecified atom stereocenters. The fourth-order valence-electron chi connectivity index (χ4n) is 5.82. The summed E-state index contributed by atoms with van der Waals surface area (Å²) in [6.07, 6.45) is 8.00. The van der Waals surface area contributed by atoms with Crippen LogP contribution in [-0.4, -0.2) is 22.8 Å². The predicted molar refractivity (Wildman–Crippen MR) is 103 cm³/mol. The normalized spacial score (nSPS) is 31.2. The molecule has 28 heavy (non-hydrogen) atoms. The summed E-state index contributed by atoms with van der Waals surface area (Å²) in [6.45, 7) is 2.18. The monoisotopic (exact) mass is 382 g/mol. The molecular formula is C23H26O5. The van der Waals surface area contributed by atoms with Crippen LogP contribution in [0.1, 0.15) is 62.5 Å². The molecule has 3 aliphatic rings. The van der Waals surface area contributed by atoms with E-state index in [0.29, 0.717) is 29.3 Å². The van der Waals surface area contributed by atoms with Crippen molar-refractivity contribution in [3.8, 4) is 5.75 Å². The highest BCUT2D eigenvalue weighted by atomic mass is 16.5. The standard InChI is InChI=1S/C23H26O5/c1-23-12-11-17-16-8-6-15(28-22(27)4-2-3-21(25)26)13-14(16)5-7-18(17)19(23)9-10-20(23)24/h2-3,6,8,13,17-19H,4-5,7,9-12H2,1H3,(H,25,26)/b3-2+/t17?,18?,19?,23-/m0/s1. The van der Waals surface area contributed by atoms with Crippen LogP contribution in [0.2, 0.25) is 0 Å². The summed E-state index contributed by atoms with van der Waals surface area (Å²) in [5.41, 5.74) is 2.47. The van der Waals surface area contributed by atoms with E-state index in [9.17, 15) is 14.4 Å². The van der Waals surface area contributed by atoms with Crippen molar-refractivity contribution in [2.45, 2.75) is 57.8 Å². The molecule has 4 atom stereocenters. The maximum Gasteiger partial charge on any atom is 0.327 e. The predicted octanol–water partition coefficient (Wildman–Crippen LogP) is 4.05. The van der Waals surface area contributed by atoms with Gasteiger partial charge in [0.1, 0.15) is 11.5 Å². The van der Waals surface area contributed by atoms with Crippen LogP contribution in [0, 0.1) is 17.3 Å². The smallest absolute Gasteiger partial charge is 0.327 e. The van der Waals surface area contributed by atoms with Gasteiger partial charge in [0, 0.05) is 17.9 Å². The zero-order chi connectivity index (χ0) is 19.9. The lowest BCUT2D eigenvalue weighted by Gasteiger charge is -2.48. The van der Waals surface area contributed by atoms with E-state index >= 15 is 0 Å². The second-order valence-electron chi connectivity index (χ2n) is 8.61. The topological polar surface area (TPSA) is 80.7 Å². The van der Waals surface area contributed by atoms with E-state index in [1.807, 2.05) is 12.1 Å². The molecule has 4 rings (SSSR count). The lowest BCUT2D eigenvalue weighted by Crippen LogP contribution is -2.42. The van der Waals surface area contributed by atoms with Gasteiger partial charge in [-0.2, -0.15) is 0 Å². The zero-order valence-electron chi connectivity index (χ0n) is 16.1. The van der Waals surface area contributed by atoms with E-state index in [2.05, 4.69) is 13.0 Å². The highest BCUT2D eigenvalue weighted by Crippen LogP contribution is 2.59. The van der Waals surface area contributed by atoms with E-state index in [1.54, 1.807) is 0 Å². The number of carbonyl (C=O) groups excluding carboxylic acids is 2. The number of benzene rings is 1. The molecule has 0 amide bonds. The van der Waals surface area contributed by atoms with Gasteiger partial charge in [0.15, 0.2) is 0 Å². The molecule has 0 aromatic heterocycles. The van der Waals surface area contributed by atoms with Gasteiger partial charge in [0.2, 0.25) is 0 Å². The van der Waals surface area contributed by atoms with Crippen molar-refractivity contribution in [2.24, 2.45) is 17.3 Å². The molecule has 1 aromatic rings. The Bertz CT molecular complexity index is 855. The number of hydrogen-bond acceptors (Lipinski definition) is 4. The summed E-state index contributed by atoms with van der Waals surface area (Å²) < 4.78 is 5.37. The molecule has 2 saturated carbocycles. The molecule has 0 spiro atoms. The van der Waals surface area contributed by atoms with Crippen molar-refractivity contribution >= 4 is 17.7 Å². The molecule has 1 N–H and O–H groups in total. The van der Waals surface area contributed by atoms with Gasteiger partial charge in [-0.25, -0.2) is 4.79 Å². The lowest BCUT2D eigenvalue weighted by molar-refractivity contribution is -0.133. The molecule has 3 aliphatic carbocycles. The Morgan fingerprint density at radius 1 is 1.25 bits per heavy atom. The molecule has 148 valence electrons. The maximum absolute atomic E-state index is 12.4. The Labute approximate surface area is 164 Å². The molecular weight excluding hydrogens is 356 g/mol. The van der Waals surface area contributed by atoms with Crippen molar-refractivity contribution in [1.29, 1.82) is 0 Å². The SMILES string of the molecule is C[C@]12CCC3c4ccc(OC(=O)C/C=C/C(=O)O)cc4CCC3C1CCC2=O. The van der Waals surface area contributed by atoms with Gasteiger partial charge in [-0.1, -0.05) is 19.1 Å². The molecule has 0 aliphatic heterocycles. The van der Waals surface area contributed by atoms with E-state index in [-0.39, 0.29) is 11.8 Å². The van der Waals surface area contributed by atoms with Gasteiger partial charge in [-0.15, -0.1) is 0 Å². The maximum atomic E-state index is 12.4. The Kier molecular flexibility index (Phi) is 4.86. The minimum atomic E-state index is -1.08. The van der Waals surface area contributed by atoms with Crippen LogP contribution in [0.5, 0.6) is 5.75 Å². The quantitative estimate of drug-likeness (QED) is 0.483. The average molecular weight is 382 g/mol. The van der Waals surface area contributed by atoms with Crippen LogP contribution < -0.4 is 4.74 Å². The molecule has 2 fully saturated rings. The summed E-state index contributed by atoms with van der Waals surface area (Å²) in [5, 5.41) is 8.57. The third-order valence-electron chi connectivity index (χ3n) is 7.18. The number of ketones is 1. The van der Waals surface area contributed by atoms with Gasteiger partial charge in [0.25, 0.3) is 0 Å². The molecule has 0 radical (unpaired) electrons. The summed E-state index contributed by atoms with van der Waals surface area (Å²) in [7, 11) is 0. The minimum absolute atomic E-state index is 0.0671. The number of hydrogen-bond donors (Lipinski definition) is 1. The number of esters is 1. The van der Waals surface area contributed by atoms with Gasteiger partial charge in [-0.05, 0) is 73.1 Å². The van der Waals surface area contributed by atoms with Crippen molar-refractivity contribution < 1.29 is 24.2 Å². The highest BCUT2D eigenvalue weighted by Gasteiger charge is 2.54. The number of carboxylic acid groups (broad SMARTS) is 1. The second-order valence-corrected chi connectivity index (χ2v) is 8.61. The van der Waals surface area contributed by atoms with Crippen LogP contribution >= 0.6 is 0 Å². The number of Topliss-reactive ketones (excluding diaryl/α,β-unsaturated/α-hetero) is 1. The summed E-state index contributed by atoms with van der Waals surface area (Å²) in [4.78, 5) is 34.8. The van der Waals surface area contributed by atoms with E-state index < -0.39 is 11.9 Å². The van der Waals surface area contributed by atoms with Crippen molar-refractivity contribution in [3.05, 3.63) is 41.5 Å². The fourth-order valence-corrected chi connectivity index (χ4v) is 5.82. The zero-order valence-corrected chi connectivity index (χ0v) is 16.1. The summed E-state index contributed by atoms with van der Waals surface area (Å²) >= 11 is 0. The number of carboxylic acids is 1. The highest BCUT2D eigenvalue weighted by molar-refractivity contribution is 5.87. The molecule has 5 nitrogen and oxygen atoms in total. The first-order chi connectivity index (χ1) is 13.4. The fraction of sp³-hybridized carbons (Fsp3) is 0.522. The molecule has 1 aromatic carbocycles. The molecule has 0 heterocycles. The largest absolute Gasteiger partial charge is 0.478 e. The van der Waals surface area contributed by atoms with Gasteiger partial charge in [-0.3, -0.25) is 9.59 Å². The van der Waals surface area contributed by atoms with Gasteiger partial charge < -0.3 is 9.84 Å². The average Bonchev–Trinajstić information content (AvgIpc) is 2.96. The number of fused-ring (bicyclic) bond motifs is 5. The minimum Gasteiger partial charge on any atom is -0.478 e. The number of rotatable bonds is 4. The van der Waals surface area contributed by atoms with E-state index in [1.165, 1.54) is 17.2 Å². The third-order valence-corrected chi connectivity index (χ3v) is 7.18. The molecule has 0 bridgehead atoms. The summed E-state index contributed by atoms with van der Waals surface area (Å²) in [5.74, 6) is 1.00. The first-order valence-corrected chi connectivity index (χ1v) is 10.1. The Morgan fingerprint density at radius 2 is 2.07 bits per heavy atom. The number of carbonyl (C=O) groups is 3. The van der Waals surface area contributed by atoms with Crippen LogP contribution in [-0.2, 0) is 20.8 Å². The van der Waals surface area contributed by atoms with Crippen molar-refractivity contribution in [2.75, 3.05) is 0 Å². The Morgan fingerprint density at radius 3 is 2.86 bits per heavy atom. The van der Waals surface area contributed by atoms with Crippen LogP contribution in [0.3, 0.4) is 0 Å². The third kappa shape index (κ3) is 3.27. The first-order valence-electron chi connectivity index (χ1n) is 10.1. The number of ether oxygens (including phenoxy) is 1. The van der Waals surface area contributed by atoms with Crippen LogP contribution in [0.4, 0.5) is 0 Å². The van der Waals surface area contributed by atoms with E-state index in [0.717, 1.165) is 44.6 Å². The van der Waals surface area contributed by atoms with Gasteiger partial charge in [0.05, 0.1) is 6.42 Å². The lowest BCUT2D eigenvalue weighted by atomic mass is 9.55. The number of aryl methyl sites for hydroxylation is 1. The first kappa shape index (κ1) is 18.9. The summed E-state index contributed by atoms with van der Waals surface area (Å²) in [6, 6.07) is 5.88.